The van der Waals surface area contributed by atoms with Gasteiger partial charge in [0.2, 0.25) is 5.95 Å². The van der Waals surface area contributed by atoms with E-state index in [9.17, 15) is 9.59 Å². The van der Waals surface area contributed by atoms with E-state index in [0.717, 1.165) is 23.4 Å². The van der Waals surface area contributed by atoms with Crippen LogP contribution in [0.5, 0.6) is 0 Å². The Hall–Kier alpha value is -3.58. The molecule has 1 aliphatic heterocycles. The van der Waals surface area contributed by atoms with E-state index < -0.39 is 0 Å². The number of imidazole rings is 1. The van der Waals surface area contributed by atoms with Crippen LogP contribution in [0.1, 0.15) is 18.1 Å². The van der Waals surface area contributed by atoms with Crippen LogP contribution in [0.2, 0.25) is 5.02 Å². The first-order chi connectivity index (χ1) is 16.4. The van der Waals surface area contributed by atoms with Gasteiger partial charge in [-0.05, 0) is 36.1 Å². The van der Waals surface area contributed by atoms with Crippen molar-refractivity contribution in [3.05, 3.63) is 91.6 Å². The molecular weight excluding hydrogens is 450 g/mol. The van der Waals surface area contributed by atoms with Crippen molar-refractivity contribution < 1.29 is 0 Å². The second kappa shape index (κ2) is 8.65. The van der Waals surface area contributed by atoms with Crippen molar-refractivity contribution in [2.75, 3.05) is 11.4 Å². The Kier molecular flexibility index (Phi) is 5.65. The Morgan fingerprint density at radius 3 is 2.62 bits per heavy atom. The second-order valence-corrected chi connectivity index (χ2v) is 9.27. The number of fused-ring (bicyclic) bond motifs is 3. The molecule has 34 heavy (non-hydrogen) atoms. The van der Waals surface area contributed by atoms with Crippen molar-refractivity contribution in [2.24, 2.45) is 13.0 Å². The number of hydrogen-bond donors (Lipinski definition) is 0. The molecule has 1 aliphatic rings. The van der Waals surface area contributed by atoms with Crippen LogP contribution in [-0.2, 0) is 20.1 Å². The highest BCUT2D eigenvalue weighted by Crippen LogP contribution is 2.36. The Bertz CT molecular complexity index is 1530. The van der Waals surface area contributed by atoms with Gasteiger partial charge in [-0.2, -0.15) is 4.98 Å². The van der Waals surface area contributed by atoms with Crippen LogP contribution in [0.25, 0.3) is 17.2 Å². The minimum absolute atomic E-state index is 0.184. The molecule has 0 fully saturated rings. The average molecular weight is 476 g/mol. The fourth-order valence-electron chi connectivity index (χ4n) is 4.62. The Labute approximate surface area is 202 Å². The van der Waals surface area contributed by atoms with Gasteiger partial charge < -0.3 is 9.47 Å². The molecule has 0 spiro atoms. The van der Waals surface area contributed by atoms with Crippen molar-refractivity contribution in [2.45, 2.75) is 26.9 Å². The molecule has 174 valence electrons. The maximum atomic E-state index is 13.6. The Balaban J connectivity index is 1.65. The van der Waals surface area contributed by atoms with Gasteiger partial charge >= 0.3 is 5.69 Å². The highest BCUT2D eigenvalue weighted by atomic mass is 35.5. The summed E-state index contributed by atoms with van der Waals surface area (Å²) >= 11 is 6.40. The maximum Gasteiger partial charge on any atom is 0.332 e. The van der Waals surface area contributed by atoms with Gasteiger partial charge in [0, 0.05) is 37.4 Å². The van der Waals surface area contributed by atoms with Crippen LogP contribution < -0.4 is 16.1 Å². The lowest BCUT2D eigenvalue weighted by molar-refractivity contribution is 0.457. The second-order valence-electron chi connectivity index (χ2n) is 8.86. The van der Waals surface area contributed by atoms with Crippen molar-refractivity contribution in [3.63, 3.8) is 0 Å². The molecule has 3 heterocycles. The van der Waals surface area contributed by atoms with Crippen LogP contribution in [0.4, 0.5) is 11.6 Å². The predicted molar refractivity (Wildman–Crippen MR) is 137 cm³/mol. The molecule has 7 nitrogen and oxygen atoms in total. The highest BCUT2D eigenvalue weighted by Gasteiger charge is 2.30. The number of anilines is 2. The molecule has 2 aromatic heterocycles. The summed E-state index contributed by atoms with van der Waals surface area (Å²) in [7, 11) is 1.67. The first-order valence-electron chi connectivity index (χ1n) is 11.3. The van der Waals surface area contributed by atoms with E-state index in [4.69, 9.17) is 16.6 Å². The predicted octanol–water partition coefficient (Wildman–Crippen LogP) is 4.36. The van der Waals surface area contributed by atoms with Crippen LogP contribution in [0.3, 0.4) is 0 Å². The molecule has 1 atom stereocenters. The SMILES string of the molecule is Cc1c(Cl)cccc1N1C[C@@H](C)Cn2c1nc1c2c(=O)n(C/C=C/c2ccccc2)c(=O)n1C. The van der Waals surface area contributed by atoms with Gasteiger partial charge in [-0.25, -0.2) is 4.79 Å². The molecule has 8 heteroatoms. The average Bonchev–Trinajstić information content (AvgIpc) is 3.21. The van der Waals surface area contributed by atoms with Crippen LogP contribution in [0, 0.1) is 12.8 Å². The van der Waals surface area contributed by atoms with Gasteiger partial charge in [-0.1, -0.05) is 67.1 Å². The third-order valence-corrected chi connectivity index (χ3v) is 6.78. The largest absolute Gasteiger partial charge is 0.332 e. The first-order valence-corrected chi connectivity index (χ1v) is 11.7. The number of hydrogen-bond acceptors (Lipinski definition) is 4. The first kappa shape index (κ1) is 22.2. The van der Waals surface area contributed by atoms with Gasteiger partial charge in [0.05, 0.1) is 0 Å². The summed E-state index contributed by atoms with van der Waals surface area (Å²) in [5.41, 5.74) is 3.04. The molecule has 0 bridgehead atoms. The Morgan fingerprint density at radius 1 is 1.09 bits per heavy atom. The van der Waals surface area contributed by atoms with Crippen molar-refractivity contribution >= 4 is 40.5 Å². The monoisotopic (exact) mass is 475 g/mol. The quantitative estimate of drug-likeness (QED) is 0.440. The van der Waals surface area contributed by atoms with E-state index in [-0.39, 0.29) is 23.7 Å². The zero-order valence-corrected chi connectivity index (χ0v) is 20.2. The van der Waals surface area contributed by atoms with Crippen LogP contribution in [0.15, 0.2) is 64.2 Å². The summed E-state index contributed by atoms with van der Waals surface area (Å²) < 4.78 is 4.68. The lowest BCUT2D eigenvalue weighted by Gasteiger charge is -2.34. The molecular formula is C26H26ClN5O2. The molecule has 0 saturated carbocycles. The molecule has 0 saturated heterocycles. The Morgan fingerprint density at radius 2 is 1.85 bits per heavy atom. The minimum atomic E-state index is -0.385. The van der Waals surface area contributed by atoms with Gasteiger partial charge in [0.25, 0.3) is 5.56 Å². The number of aromatic nitrogens is 4. The topological polar surface area (TPSA) is 65.1 Å². The van der Waals surface area contributed by atoms with E-state index >= 15 is 0 Å². The standard InChI is InChI=1S/C26H26ClN5O2/c1-17-15-31(21-13-7-12-20(27)18(21)2)25-28-23-22(32(25)16-17)24(33)30(26(34)29(23)3)14-8-11-19-9-5-4-6-10-19/h4-13,17H,14-16H2,1-3H3/b11-8+/t17-/m1/s1. The summed E-state index contributed by atoms with van der Waals surface area (Å²) in [4.78, 5) is 33.5. The smallest absolute Gasteiger partial charge is 0.311 e. The van der Waals surface area contributed by atoms with Gasteiger partial charge in [-0.15, -0.1) is 0 Å². The lowest BCUT2D eigenvalue weighted by Crippen LogP contribution is -2.40. The number of allylic oxidation sites excluding steroid dienone is 1. The summed E-state index contributed by atoms with van der Waals surface area (Å²) in [5, 5.41) is 0.679. The van der Waals surface area contributed by atoms with Gasteiger partial charge in [0.15, 0.2) is 11.2 Å². The van der Waals surface area contributed by atoms with E-state index in [2.05, 4.69) is 11.8 Å². The number of benzene rings is 2. The van der Waals surface area contributed by atoms with E-state index in [1.807, 2.05) is 72.2 Å². The van der Waals surface area contributed by atoms with Crippen molar-refractivity contribution in [1.82, 2.24) is 18.7 Å². The van der Waals surface area contributed by atoms with Crippen molar-refractivity contribution in [3.8, 4) is 0 Å². The maximum absolute atomic E-state index is 13.6. The molecule has 5 rings (SSSR count). The third kappa shape index (κ3) is 3.66. The molecule has 0 unspecified atom stereocenters. The third-order valence-electron chi connectivity index (χ3n) is 6.37. The van der Waals surface area contributed by atoms with E-state index in [0.29, 0.717) is 28.7 Å². The van der Waals surface area contributed by atoms with Crippen LogP contribution >= 0.6 is 11.6 Å². The summed E-state index contributed by atoms with van der Waals surface area (Å²) in [6, 6.07) is 15.6. The number of rotatable bonds is 4. The van der Waals surface area contributed by atoms with Crippen molar-refractivity contribution in [1.29, 1.82) is 0 Å². The fraction of sp³-hybridized carbons (Fsp3) is 0.269. The molecule has 2 aromatic carbocycles. The number of aryl methyl sites for hydroxylation is 1. The molecule has 0 N–H and O–H groups in total. The molecule has 0 amide bonds. The zero-order chi connectivity index (χ0) is 24.0. The summed E-state index contributed by atoms with van der Waals surface area (Å²) in [5.74, 6) is 0.925. The lowest BCUT2D eigenvalue weighted by atomic mass is 10.1. The normalized spacial score (nSPS) is 15.9. The molecule has 0 radical (unpaired) electrons. The molecule has 4 aromatic rings. The fourth-order valence-corrected chi connectivity index (χ4v) is 4.79. The zero-order valence-electron chi connectivity index (χ0n) is 19.4. The minimum Gasteiger partial charge on any atom is -0.311 e. The summed E-state index contributed by atoms with van der Waals surface area (Å²) in [6.45, 7) is 5.70. The number of halogens is 1. The van der Waals surface area contributed by atoms with E-state index in [1.165, 1.54) is 9.13 Å². The van der Waals surface area contributed by atoms with Gasteiger partial charge in [0.1, 0.15) is 0 Å². The van der Waals surface area contributed by atoms with E-state index in [1.54, 1.807) is 7.05 Å². The number of nitrogens with zero attached hydrogens (tertiary/aromatic N) is 5. The molecule has 0 aliphatic carbocycles. The summed E-state index contributed by atoms with van der Waals surface area (Å²) in [6.07, 6.45) is 3.75. The van der Waals surface area contributed by atoms with Crippen LogP contribution in [-0.4, -0.2) is 25.2 Å². The highest BCUT2D eigenvalue weighted by molar-refractivity contribution is 6.31. The van der Waals surface area contributed by atoms with Gasteiger partial charge in [-0.3, -0.25) is 13.9 Å².